The molecule has 0 fully saturated rings. The van der Waals surface area contributed by atoms with Crippen molar-refractivity contribution >= 4 is 11.9 Å². The molecule has 0 aliphatic carbocycles. The summed E-state index contributed by atoms with van der Waals surface area (Å²) in [6, 6.07) is 0. The maximum Gasteiger partial charge on any atom is 0.317 e. The van der Waals surface area contributed by atoms with Gasteiger partial charge in [0.05, 0.1) is 0 Å². The molecule has 0 saturated heterocycles. The maximum absolute atomic E-state index is 10.6. The van der Waals surface area contributed by atoms with E-state index in [9.17, 15) is 9.59 Å². The van der Waals surface area contributed by atoms with Crippen LogP contribution in [0.2, 0.25) is 0 Å². The molecule has 0 aliphatic heterocycles. The van der Waals surface area contributed by atoms with E-state index in [4.69, 9.17) is 15.3 Å². The van der Waals surface area contributed by atoms with Gasteiger partial charge >= 0.3 is 11.9 Å². The molecule has 0 bridgehead atoms. The minimum absolute atomic E-state index is 0.0777. The highest BCUT2D eigenvalue weighted by Crippen LogP contribution is 2.23. The Bertz CT molecular complexity index is 233. The van der Waals surface area contributed by atoms with Gasteiger partial charge in [-0.3, -0.25) is 9.59 Å². The van der Waals surface area contributed by atoms with E-state index in [1.165, 1.54) is 0 Å². The van der Waals surface area contributed by atoms with Gasteiger partial charge in [0.1, 0.15) is 0 Å². The summed E-state index contributed by atoms with van der Waals surface area (Å²) in [4.78, 5) is 21.1. The first-order chi connectivity index (χ1) is 7.30. The standard InChI is InChI=1S/C11H20O5/c1-11(2,7-12)6-4-3-5-8(9(13)14)10(15)16/h8,12H,3-7H2,1-2H3,(H,13,14)(H,15,16). The third-order valence-electron chi connectivity index (χ3n) is 2.62. The Kier molecular flexibility index (Phi) is 6.03. The number of hydrogen-bond acceptors (Lipinski definition) is 3. The third-order valence-corrected chi connectivity index (χ3v) is 2.62. The first kappa shape index (κ1) is 14.9. The quantitative estimate of drug-likeness (QED) is 0.433. The molecule has 3 N–H and O–H groups in total. The Labute approximate surface area is 95.1 Å². The van der Waals surface area contributed by atoms with Crippen LogP contribution in [0.4, 0.5) is 0 Å². The highest BCUT2D eigenvalue weighted by atomic mass is 16.4. The Morgan fingerprint density at radius 1 is 1.12 bits per heavy atom. The average molecular weight is 232 g/mol. The summed E-state index contributed by atoms with van der Waals surface area (Å²) in [7, 11) is 0. The van der Waals surface area contributed by atoms with Gasteiger partial charge in [-0.05, 0) is 18.3 Å². The number of hydrogen-bond donors (Lipinski definition) is 3. The predicted octanol–water partition coefficient (Wildman–Crippen LogP) is 1.35. The van der Waals surface area contributed by atoms with E-state index in [-0.39, 0.29) is 18.4 Å². The van der Waals surface area contributed by atoms with Crippen LogP contribution in [0.1, 0.15) is 39.5 Å². The van der Waals surface area contributed by atoms with Crippen molar-refractivity contribution in [3.05, 3.63) is 0 Å². The topological polar surface area (TPSA) is 94.8 Å². The molecule has 0 aromatic heterocycles. The van der Waals surface area contributed by atoms with Crippen molar-refractivity contribution in [2.45, 2.75) is 39.5 Å². The first-order valence-electron chi connectivity index (χ1n) is 5.36. The van der Waals surface area contributed by atoms with E-state index < -0.39 is 17.9 Å². The van der Waals surface area contributed by atoms with Crippen LogP contribution in [0.5, 0.6) is 0 Å². The van der Waals surface area contributed by atoms with Crippen molar-refractivity contribution in [2.75, 3.05) is 6.61 Å². The summed E-state index contributed by atoms with van der Waals surface area (Å²) in [5.74, 6) is -3.87. The van der Waals surface area contributed by atoms with E-state index in [2.05, 4.69) is 0 Å². The lowest BCUT2D eigenvalue weighted by atomic mass is 9.87. The van der Waals surface area contributed by atoms with Crippen LogP contribution >= 0.6 is 0 Å². The smallest absolute Gasteiger partial charge is 0.317 e. The van der Waals surface area contributed by atoms with E-state index in [0.717, 1.165) is 12.8 Å². The van der Waals surface area contributed by atoms with Crippen molar-refractivity contribution in [1.82, 2.24) is 0 Å². The van der Waals surface area contributed by atoms with Crippen LogP contribution in [0.25, 0.3) is 0 Å². The molecule has 0 heterocycles. The number of rotatable bonds is 8. The van der Waals surface area contributed by atoms with Crippen LogP contribution in [0.15, 0.2) is 0 Å². The molecular formula is C11H20O5. The molecule has 16 heavy (non-hydrogen) atoms. The lowest BCUT2D eigenvalue weighted by Crippen LogP contribution is -2.23. The number of aliphatic hydroxyl groups is 1. The van der Waals surface area contributed by atoms with Crippen LogP contribution in [0, 0.1) is 11.3 Å². The summed E-state index contributed by atoms with van der Waals surface area (Å²) >= 11 is 0. The van der Waals surface area contributed by atoms with Crippen molar-refractivity contribution in [2.24, 2.45) is 11.3 Å². The molecule has 0 rings (SSSR count). The Balaban J connectivity index is 3.88. The number of carboxylic acid groups (broad SMARTS) is 2. The molecular weight excluding hydrogens is 212 g/mol. The molecule has 5 heteroatoms. The molecule has 94 valence electrons. The predicted molar refractivity (Wildman–Crippen MR) is 58.1 cm³/mol. The second-order valence-electron chi connectivity index (χ2n) is 4.80. The lowest BCUT2D eigenvalue weighted by molar-refractivity contribution is -0.154. The van der Waals surface area contributed by atoms with Gasteiger partial charge < -0.3 is 15.3 Å². The zero-order chi connectivity index (χ0) is 12.8. The molecule has 0 spiro atoms. The van der Waals surface area contributed by atoms with Gasteiger partial charge in [-0.25, -0.2) is 0 Å². The summed E-state index contributed by atoms with van der Waals surface area (Å²) in [6.45, 7) is 3.91. The van der Waals surface area contributed by atoms with Crippen LogP contribution in [-0.2, 0) is 9.59 Å². The fraction of sp³-hybridized carbons (Fsp3) is 0.818. The third kappa shape index (κ3) is 5.70. The molecule has 0 saturated carbocycles. The van der Waals surface area contributed by atoms with Gasteiger partial charge in [0.15, 0.2) is 5.92 Å². The average Bonchev–Trinajstić information content (AvgIpc) is 2.16. The van der Waals surface area contributed by atoms with Crippen molar-refractivity contribution in [3.8, 4) is 0 Å². The summed E-state index contributed by atoms with van der Waals surface area (Å²) in [5, 5.41) is 26.2. The minimum Gasteiger partial charge on any atom is -0.481 e. The van der Waals surface area contributed by atoms with Crippen molar-refractivity contribution in [1.29, 1.82) is 0 Å². The highest BCUT2D eigenvalue weighted by Gasteiger charge is 2.25. The van der Waals surface area contributed by atoms with Gasteiger partial charge in [-0.15, -0.1) is 0 Å². The molecule has 0 aromatic rings. The van der Waals surface area contributed by atoms with Gasteiger partial charge in [0, 0.05) is 6.61 Å². The van der Waals surface area contributed by atoms with Gasteiger partial charge in [-0.2, -0.15) is 0 Å². The fourth-order valence-electron chi connectivity index (χ4n) is 1.38. The van der Waals surface area contributed by atoms with Crippen LogP contribution in [-0.4, -0.2) is 33.9 Å². The molecule has 0 atom stereocenters. The Morgan fingerprint density at radius 2 is 1.62 bits per heavy atom. The molecule has 5 nitrogen and oxygen atoms in total. The van der Waals surface area contributed by atoms with E-state index in [1.807, 2.05) is 13.8 Å². The zero-order valence-corrected chi connectivity index (χ0v) is 9.77. The second-order valence-corrected chi connectivity index (χ2v) is 4.80. The Morgan fingerprint density at radius 3 is 2.00 bits per heavy atom. The summed E-state index contributed by atoms with van der Waals surface area (Å²) in [6.07, 6.45) is 2.18. The molecule has 0 aromatic carbocycles. The normalized spacial score (nSPS) is 11.8. The first-order valence-corrected chi connectivity index (χ1v) is 5.36. The van der Waals surface area contributed by atoms with E-state index in [1.54, 1.807) is 0 Å². The van der Waals surface area contributed by atoms with Crippen LogP contribution < -0.4 is 0 Å². The second kappa shape index (κ2) is 6.48. The Hall–Kier alpha value is -1.10. The maximum atomic E-state index is 10.6. The monoisotopic (exact) mass is 232 g/mol. The van der Waals surface area contributed by atoms with Gasteiger partial charge in [0.2, 0.25) is 0 Å². The fourth-order valence-corrected chi connectivity index (χ4v) is 1.38. The lowest BCUT2D eigenvalue weighted by Gasteiger charge is -2.21. The largest absolute Gasteiger partial charge is 0.481 e. The highest BCUT2D eigenvalue weighted by molar-refractivity contribution is 5.92. The zero-order valence-electron chi connectivity index (χ0n) is 9.77. The van der Waals surface area contributed by atoms with Crippen molar-refractivity contribution in [3.63, 3.8) is 0 Å². The summed E-state index contributed by atoms with van der Waals surface area (Å²) in [5.41, 5.74) is -0.179. The number of unbranched alkanes of at least 4 members (excludes halogenated alkanes) is 1. The van der Waals surface area contributed by atoms with E-state index in [0.29, 0.717) is 6.42 Å². The number of carboxylic acids is 2. The van der Waals surface area contributed by atoms with Crippen LogP contribution in [0.3, 0.4) is 0 Å². The number of carbonyl (C=O) groups is 2. The van der Waals surface area contributed by atoms with E-state index >= 15 is 0 Å². The molecule has 0 radical (unpaired) electrons. The number of aliphatic hydroxyl groups excluding tert-OH is 1. The minimum atomic E-state index is -1.31. The van der Waals surface area contributed by atoms with Crippen molar-refractivity contribution < 1.29 is 24.9 Å². The number of aliphatic carboxylic acids is 2. The molecule has 0 unspecified atom stereocenters. The molecule has 0 aliphatic rings. The van der Waals surface area contributed by atoms with Gasteiger partial charge in [-0.1, -0.05) is 26.7 Å². The molecule has 0 amide bonds. The van der Waals surface area contributed by atoms with Gasteiger partial charge in [0.25, 0.3) is 0 Å². The summed E-state index contributed by atoms with van der Waals surface area (Å²) < 4.78 is 0. The SMILES string of the molecule is CC(C)(CO)CCCCC(C(=O)O)C(=O)O.